The molecular weight excluding hydrogens is 234 g/mol. The van der Waals surface area contributed by atoms with Gasteiger partial charge in [0.1, 0.15) is 0 Å². The molecule has 1 aliphatic carbocycles. The summed E-state index contributed by atoms with van der Waals surface area (Å²) in [5.74, 6) is 0. The van der Waals surface area contributed by atoms with Gasteiger partial charge in [0.2, 0.25) is 0 Å². The Bertz CT molecular complexity index is 413. The van der Waals surface area contributed by atoms with Crippen molar-refractivity contribution >= 4 is 17.3 Å². The predicted molar refractivity (Wildman–Crippen MR) is 72.7 cm³/mol. The van der Waals surface area contributed by atoms with Crippen LogP contribution in [0.4, 0.5) is 5.69 Å². The van der Waals surface area contributed by atoms with E-state index in [0.29, 0.717) is 11.1 Å². The number of aliphatic hydroxyl groups is 1. The standard InChI is InChI=1S/C14H18ClNO/c1-3-8-16(12-5-6-12)14-7-4-11(10(2)17)9-13(14)15/h3-4,7,9-10,12,17H,1,5-6,8H2,2H3/t10-/m1/s1. The van der Waals surface area contributed by atoms with E-state index in [-0.39, 0.29) is 0 Å². The lowest BCUT2D eigenvalue weighted by atomic mass is 10.1. The van der Waals surface area contributed by atoms with Crippen molar-refractivity contribution in [3.63, 3.8) is 0 Å². The highest BCUT2D eigenvalue weighted by Gasteiger charge is 2.29. The zero-order valence-corrected chi connectivity index (χ0v) is 10.8. The number of rotatable bonds is 5. The molecule has 1 aromatic carbocycles. The highest BCUT2D eigenvalue weighted by molar-refractivity contribution is 6.33. The summed E-state index contributed by atoms with van der Waals surface area (Å²) < 4.78 is 0. The van der Waals surface area contributed by atoms with Gasteiger partial charge in [0.15, 0.2) is 0 Å². The molecule has 0 heterocycles. The van der Waals surface area contributed by atoms with Crippen LogP contribution >= 0.6 is 11.6 Å². The SMILES string of the molecule is C=CCN(c1ccc([C@@H](C)O)cc1Cl)C1CC1. The molecule has 17 heavy (non-hydrogen) atoms. The van der Waals surface area contributed by atoms with Crippen LogP contribution < -0.4 is 4.90 Å². The first kappa shape index (κ1) is 12.5. The number of hydrogen-bond donors (Lipinski definition) is 1. The summed E-state index contributed by atoms with van der Waals surface area (Å²) in [5.41, 5.74) is 1.89. The van der Waals surface area contributed by atoms with Gasteiger partial charge in [0.05, 0.1) is 16.8 Å². The van der Waals surface area contributed by atoms with Crippen LogP contribution in [0.25, 0.3) is 0 Å². The summed E-state index contributed by atoms with van der Waals surface area (Å²) in [6, 6.07) is 6.37. The lowest BCUT2D eigenvalue weighted by Crippen LogP contribution is -2.25. The first-order valence-electron chi connectivity index (χ1n) is 5.98. The minimum atomic E-state index is -0.477. The second-order valence-corrected chi connectivity index (χ2v) is 4.97. The van der Waals surface area contributed by atoms with Gasteiger partial charge in [0, 0.05) is 12.6 Å². The minimum Gasteiger partial charge on any atom is -0.389 e. The van der Waals surface area contributed by atoms with Crippen molar-refractivity contribution in [1.82, 2.24) is 0 Å². The van der Waals surface area contributed by atoms with Gasteiger partial charge in [0.25, 0.3) is 0 Å². The second-order valence-electron chi connectivity index (χ2n) is 4.56. The Labute approximate surface area is 108 Å². The van der Waals surface area contributed by atoms with E-state index in [4.69, 9.17) is 11.6 Å². The van der Waals surface area contributed by atoms with E-state index in [1.54, 1.807) is 6.92 Å². The average Bonchev–Trinajstić information content (AvgIpc) is 3.10. The number of hydrogen-bond acceptors (Lipinski definition) is 2. The first-order chi connectivity index (χ1) is 8.13. The van der Waals surface area contributed by atoms with E-state index in [0.717, 1.165) is 17.8 Å². The van der Waals surface area contributed by atoms with Crippen molar-refractivity contribution in [2.45, 2.75) is 31.9 Å². The minimum absolute atomic E-state index is 0.477. The Kier molecular flexibility index (Phi) is 3.75. The monoisotopic (exact) mass is 251 g/mol. The van der Waals surface area contributed by atoms with E-state index in [1.165, 1.54) is 12.8 Å². The summed E-state index contributed by atoms with van der Waals surface area (Å²) >= 11 is 6.29. The normalized spacial score (nSPS) is 16.6. The van der Waals surface area contributed by atoms with Gasteiger partial charge in [-0.2, -0.15) is 0 Å². The van der Waals surface area contributed by atoms with E-state index < -0.39 is 6.10 Å². The van der Waals surface area contributed by atoms with E-state index in [9.17, 15) is 5.11 Å². The lowest BCUT2D eigenvalue weighted by Gasteiger charge is -2.24. The van der Waals surface area contributed by atoms with Gasteiger partial charge in [-0.3, -0.25) is 0 Å². The largest absolute Gasteiger partial charge is 0.389 e. The molecule has 0 saturated heterocycles. The molecule has 0 amide bonds. The van der Waals surface area contributed by atoms with Gasteiger partial charge in [-0.1, -0.05) is 23.7 Å². The Morgan fingerprint density at radius 3 is 2.76 bits per heavy atom. The molecule has 0 radical (unpaired) electrons. The topological polar surface area (TPSA) is 23.5 Å². The fraction of sp³-hybridized carbons (Fsp3) is 0.429. The van der Waals surface area contributed by atoms with Crippen LogP contribution in [-0.2, 0) is 0 Å². The second kappa shape index (κ2) is 5.11. The molecule has 1 aliphatic rings. The number of anilines is 1. The summed E-state index contributed by atoms with van der Waals surface area (Å²) in [5, 5.41) is 10.2. The third-order valence-corrected chi connectivity index (χ3v) is 3.38. The van der Waals surface area contributed by atoms with Crippen LogP contribution in [0, 0.1) is 0 Å². The summed E-state index contributed by atoms with van der Waals surface area (Å²) in [4.78, 5) is 2.28. The van der Waals surface area contributed by atoms with E-state index in [1.807, 2.05) is 24.3 Å². The van der Waals surface area contributed by atoms with Gasteiger partial charge in [-0.25, -0.2) is 0 Å². The van der Waals surface area contributed by atoms with Crippen LogP contribution in [-0.4, -0.2) is 17.7 Å². The van der Waals surface area contributed by atoms with Crippen molar-refractivity contribution in [2.75, 3.05) is 11.4 Å². The third-order valence-electron chi connectivity index (χ3n) is 3.08. The average molecular weight is 252 g/mol. The van der Waals surface area contributed by atoms with Crippen LogP contribution in [0.15, 0.2) is 30.9 Å². The molecule has 1 aromatic rings. The Balaban J connectivity index is 2.27. The maximum Gasteiger partial charge on any atom is 0.0762 e. The van der Waals surface area contributed by atoms with Crippen molar-refractivity contribution in [1.29, 1.82) is 0 Å². The molecule has 0 unspecified atom stereocenters. The number of benzene rings is 1. The highest BCUT2D eigenvalue weighted by Crippen LogP contribution is 2.36. The fourth-order valence-corrected chi connectivity index (χ4v) is 2.28. The molecule has 1 N–H and O–H groups in total. The van der Waals surface area contributed by atoms with Gasteiger partial charge in [-0.15, -0.1) is 6.58 Å². The molecular formula is C14H18ClNO. The van der Waals surface area contributed by atoms with E-state index >= 15 is 0 Å². The van der Waals surface area contributed by atoms with Crippen molar-refractivity contribution in [2.24, 2.45) is 0 Å². The molecule has 0 spiro atoms. The highest BCUT2D eigenvalue weighted by atomic mass is 35.5. The fourth-order valence-electron chi connectivity index (χ4n) is 1.99. The summed E-state index contributed by atoms with van der Waals surface area (Å²) in [6.07, 6.45) is 3.87. The molecule has 0 bridgehead atoms. The maximum atomic E-state index is 9.51. The molecule has 0 aliphatic heterocycles. The molecule has 1 atom stereocenters. The lowest BCUT2D eigenvalue weighted by molar-refractivity contribution is 0.199. The van der Waals surface area contributed by atoms with Crippen molar-refractivity contribution in [3.8, 4) is 0 Å². The van der Waals surface area contributed by atoms with Gasteiger partial charge < -0.3 is 10.0 Å². The number of halogens is 1. The predicted octanol–water partition coefficient (Wildman–Crippen LogP) is 3.55. The Morgan fingerprint density at radius 1 is 1.59 bits per heavy atom. The van der Waals surface area contributed by atoms with E-state index in [2.05, 4.69) is 11.5 Å². The van der Waals surface area contributed by atoms with Crippen molar-refractivity contribution < 1.29 is 5.11 Å². The maximum absolute atomic E-state index is 9.51. The summed E-state index contributed by atoms with van der Waals surface area (Å²) in [7, 11) is 0. The molecule has 0 aromatic heterocycles. The molecule has 3 heteroatoms. The molecule has 2 rings (SSSR count). The zero-order chi connectivity index (χ0) is 12.4. The Morgan fingerprint density at radius 2 is 2.29 bits per heavy atom. The number of aliphatic hydroxyl groups excluding tert-OH is 1. The third kappa shape index (κ3) is 2.82. The van der Waals surface area contributed by atoms with Crippen LogP contribution in [0.3, 0.4) is 0 Å². The first-order valence-corrected chi connectivity index (χ1v) is 6.36. The molecule has 92 valence electrons. The molecule has 1 saturated carbocycles. The van der Waals surface area contributed by atoms with Crippen LogP contribution in [0.5, 0.6) is 0 Å². The number of nitrogens with zero attached hydrogens (tertiary/aromatic N) is 1. The van der Waals surface area contributed by atoms with Crippen LogP contribution in [0.2, 0.25) is 5.02 Å². The smallest absolute Gasteiger partial charge is 0.0762 e. The molecule has 2 nitrogen and oxygen atoms in total. The van der Waals surface area contributed by atoms with Crippen molar-refractivity contribution in [3.05, 3.63) is 41.4 Å². The summed E-state index contributed by atoms with van der Waals surface area (Å²) in [6.45, 7) is 6.35. The zero-order valence-electron chi connectivity index (χ0n) is 10.1. The van der Waals surface area contributed by atoms with Crippen LogP contribution in [0.1, 0.15) is 31.4 Å². The molecule has 1 fully saturated rings. The van der Waals surface area contributed by atoms with Gasteiger partial charge in [-0.05, 0) is 37.5 Å². The quantitative estimate of drug-likeness (QED) is 0.809. The van der Waals surface area contributed by atoms with Gasteiger partial charge >= 0.3 is 0 Å². The Hall–Kier alpha value is -0.990.